The van der Waals surface area contributed by atoms with Gasteiger partial charge in [0.25, 0.3) is 16.0 Å². The third-order valence-corrected chi connectivity index (χ3v) is 4.74. The fourth-order valence-electron chi connectivity index (χ4n) is 2.30. The van der Waals surface area contributed by atoms with Gasteiger partial charge in [-0.05, 0) is 41.3 Å². The summed E-state index contributed by atoms with van der Waals surface area (Å²) in [5, 5.41) is 14.6. The maximum Gasteiger partial charge on any atom is 0.294 e. The van der Waals surface area contributed by atoms with Crippen molar-refractivity contribution in [3.63, 3.8) is 0 Å². The molecule has 146 valence electrons. The number of amides is 1. The van der Waals surface area contributed by atoms with Crippen molar-refractivity contribution < 1.29 is 17.8 Å². The van der Waals surface area contributed by atoms with Crippen LogP contribution in [0.1, 0.15) is 26.3 Å². The first-order valence-corrected chi connectivity index (χ1v) is 9.81. The van der Waals surface area contributed by atoms with Crippen LogP contribution in [0.25, 0.3) is 0 Å². The minimum absolute atomic E-state index is 0.0165. The van der Waals surface area contributed by atoms with Crippen molar-refractivity contribution in [2.24, 2.45) is 0 Å². The Bertz CT molecular complexity index is 1040. The Kier molecular flexibility index (Phi) is 6.23. The molecule has 8 heteroatoms. The SMILES string of the molecule is CC(C)(C)c1ccc(N/C=C(/C#N)C(=O)Nc2cccc(S(=O)(=O)O)c2)cc1. The summed E-state index contributed by atoms with van der Waals surface area (Å²) in [7, 11) is -4.39. The summed E-state index contributed by atoms with van der Waals surface area (Å²) in [4.78, 5) is 11.9. The molecule has 0 saturated carbocycles. The number of hydrogen-bond acceptors (Lipinski definition) is 5. The summed E-state index contributed by atoms with van der Waals surface area (Å²) in [6.45, 7) is 6.31. The number of nitrogens with zero attached hydrogens (tertiary/aromatic N) is 1. The molecule has 28 heavy (non-hydrogen) atoms. The summed E-state index contributed by atoms with van der Waals surface area (Å²) in [5.74, 6) is -0.714. The van der Waals surface area contributed by atoms with Crippen LogP contribution in [0.4, 0.5) is 11.4 Å². The zero-order chi connectivity index (χ0) is 20.9. The Morgan fingerprint density at radius 1 is 1.11 bits per heavy atom. The smallest absolute Gasteiger partial charge is 0.294 e. The molecular formula is C20H21N3O4S. The van der Waals surface area contributed by atoms with Gasteiger partial charge in [-0.15, -0.1) is 0 Å². The van der Waals surface area contributed by atoms with Gasteiger partial charge in [-0.1, -0.05) is 39.0 Å². The number of rotatable bonds is 5. The lowest BCUT2D eigenvalue weighted by atomic mass is 9.87. The van der Waals surface area contributed by atoms with Crippen LogP contribution in [0.5, 0.6) is 0 Å². The van der Waals surface area contributed by atoms with E-state index in [0.29, 0.717) is 5.69 Å². The van der Waals surface area contributed by atoms with E-state index >= 15 is 0 Å². The van der Waals surface area contributed by atoms with Crippen LogP contribution in [0.2, 0.25) is 0 Å². The van der Waals surface area contributed by atoms with Crippen molar-refractivity contribution in [2.75, 3.05) is 10.6 Å². The van der Waals surface area contributed by atoms with Crippen LogP contribution in [-0.4, -0.2) is 18.9 Å². The van der Waals surface area contributed by atoms with Crippen molar-refractivity contribution in [1.82, 2.24) is 0 Å². The van der Waals surface area contributed by atoms with E-state index in [9.17, 15) is 18.5 Å². The molecule has 0 heterocycles. The van der Waals surface area contributed by atoms with Gasteiger partial charge in [0.05, 0.1) is 4.90 Å². The largest absolute Gasteiger partial charge is 0.360 e. The predicted octanol–water partition coefficient (Wildman–Crippen LogP) is 3.69. The van der Waals surface area contributed by atoms with Gasteiger partial charge in [0, 0.05) is 17.6 Å². The Hall–Kier alpha value is -3.15. The molecule has 0 aromatic heterocycles. The number of anilines is 2. The Morgan fingerprint density at radius 3 is 2.29 bits per heavy atom. The van der Waals surface area contributed by atoms with Crippen LogP contribution in [0.3, 0.4) is 0 Å². The molecular weight excluding hydrogens is 378 g/mol. The third-order valence-electron chi connectivity index (χ3n) is 3.89. The molecule has 2 aromatic rings. The molecule has 0 saturated heterocycles. The van der Waals surface area contributed by atoms with Gasteiger partial charge < -0.3 is 10.6 Å². The second-order valence-electron chi connectivity index (χ2n) is 7.10. The maximum absolute atomic E-state index is 12.3. The number of carbonyl (C=O) groups is 1. The molecule has 7 nitrogen and oxygen atoms in total. The maximum atomic E-state index is 12.3. The first kappa shape index (κ1) is 21.2. The van der Waals surface area contributed by atoms with Crippen LogP contribution >= 0.6 is 0 Å². The summed E-state index contributed by atoms with van der Waals surface area (Å²) >= 11 is 0. The molecule has 0 aliphatic carbocycles. The molecule has 1 amide bonds. The summed E-state index contributed by atoms with van der Waals surface area (Å²) in [6.07, 6.45) is 1.27. The summed E-state index contributed by atoms with van der Waals surface area (Å²) in [6, 6.07) is 14.5. The van der Waals surface area contributed by atoms with Crippen LogP contribution in [0.15, 0.2) is 65.2 Å². The number of nitrogens with one attached hydrogen (secondary N) is 2. The number of nitriles is 1. The average molecular weight is 399 g/mol. The molecule has 2 aromatic carbocycles. The van der Waals surface area contributed by atoms with E-state index in [0.717, 1.165) is 11.6 Å². The lowest BCUT2D eigenvalue weighted by Gasteiger charge is -2.19. The second kappa shape index (κ2) is 8.25. The minimum atomic E-state index is -4.39. The third kappa shape index (κ3) is 5.67. The standard InChI is InChI=1S/C20H21N3O4S/c1-20(2,3)15-7-9-16(10-8-15)22-13-14(12-21)19(24)23-17-5-4-6-18(11-17)28(25,26)27/h4-11,13,22H,1-3H3,(H,23,24)(H,25,26,27)/b14-13-. The van der Waals surface area contributed by atoms with Gasteiger partial charge in [-0.25, -0.2) is 0 Å². The zero-order valence-corrected chi connectivity index (χ0v) is 16.5. The van der Waals surface area contributed by atoms with E-state index in [1.807, 2.05) is 24.3 Å². The zero-order valence-electron chi connectivity index (χ0n) is 15.7. The van der Waals surface area contributed by atoms with E-state index in [4.69, 9.17) is 4.55 Å². The first-order chi connectivity index (χ1) is 13.0. The summed E-state index contributed by atoms with van der Waals surface area (Å²) in [5.41, 5.74) is 1.82. The second-order valence-corrected chi connectivity index (χ2v) is 8.52. The molecule has 0 spiro atoms. The van der Waals surface area contributed by atoms with Crippen LogP contribution in [0, 0.1) is 11.3 Å². The lowest BCUT2D eigenvalue weighted by molar-refractivity contribution is -0.112. The number of benzene rings is 2. The van der Waals surface area contributed by atoms with E-state index in [-0.39, 0.29) is 21.6 Å². The van der Waals surface area contributed by atoms with Crippen molar-refractivity contribution in [1.29, 1.82) is 5.26 Å². The molecule has 2 rings (SSSR count). The van der Waals surface area contributed by atoms with Crippen molar-refractivity contribution in [2.45, 2.75) is 31.1 Å². The fraction of sp³-hybridized carbons (Fsp3) is 0.200. The molecule has 0 fully saturated rings. The van der Waals surface area contributed by atoms with Crippen molar-refractivity contribution >= 4 is 27.4 Å². The molecule has 0 atom stereocenters. The fourth-order valence-corrected chi connectivity index (χ4v) is 2.83. The molecule has 0 unspecified atom stereocenters. The highest BCUT2D eigenvalue weighted by molar-refractivity contribution is 7.85. The number of hydrogen-bond donors (Lipinski definition) is 3. The monoisotopic (exact) mass is 399 g/mol. The minimum Gasteiger partial charge on any atom is -0.360 e. The highest BCUT2D eigenvalue weighted by Crippen LogP contribution is 2.23. The van der Waals surface area contributed by atoms with Crippen LogP contribution in [-0.2, 0) is 20.3 Å². The average Bonchev–Trinajstić information content (AvgIpc) is 2.61. The van der Waals surface area contributed by atoms with Gasteiger partial charge >= 0.3 is 0 Å². The Morgan fingerprint density at radius 2 is 1.75 bits per heavy atom. The highest BCUT2D eigenvalue weighted by atomic mass is 32.2. The Labute approximate surface area is 164 Å². The molecule has 0 aliphatic heterocycles. The predicted molar refractivity (Wildman–Crippen MR) is 107 cm³/mol. The molecule has 0 radical (unpaired) electrons. The quantitative estimate of drug-likeness (QED) is 0.401. The first-order valence-electron chi connectivity index (χ1n) is 8.37. The van der Waals surface area contributed by atoms with Crippen LogP contribution < -0.4 is 10.6 Å². The van der Waals surface area contributed by atoms with Gasteiger partial charge in [0.2, 0.25) is 0 Å². The lowest BCUT2D eigenvalue weighted by Crippen LogP contribution is -2.15. The van der Waals surface area contributed by atoms with E-state index in [2.05, 4.69) is 31.4 Å². The molecule has 0 aliphatic rings. The summed E-state index contributed by atoms with van der Waals surface area (Å²) < 4.78 is 31.4. The van der Waals surface area contributed by atoms with Gasteiger partial charge in [0.15, 0.2) is 0 Å². The van der Waals surface area contributed by atoms with E-state index < -0.39 is 16.0 Å². The normalized spacial score (nSPS) is 12.2. The van der Waals surface area contributed by atoms with Crippen molar-refractivity contribution in [3.05, 3.63) is 65.9 Å². The molecule has 3 N–H and O–H groups in total. The topological polar surface area (TPSA) is 119 Å². The van der Waals surface area contributed by atoms with E-state index in [1.165, 1.54) is 24.4 Å². The van der Waals surface area contributed by atoms with E-state index in [1.54, 1.807) is 6.07 Å². The van der Waals surface area contributed by atoms with Gasteiger partial charge in [-0.3, -0.25) is 9.35 Å². The Balaban J connectivity index is 2.12. The number of carbonyl (C=O) groups excluding carboxylic acids is 1. The van der Waals surface area contributed by atoms with Gasteiger partial charge in [0.1, 0.15) is 11.6 Å². The molecule has 0 bridgehead atoms. The van der Waals surface area contributed by atoms with Gasteiger partial charge in [-0.2, -0.15) is 13.7 Å². The highest BCUT2D eigenvalue weighted by Gasteiger charge is 2.14. The van der Waals surface area contributed by atoms with Crippen molar-refractivity contribution in [3.8, 4) is 6.07 Å².